The van der Waals surface area contributed by atoms with Crippen molar-refractivity contribution in [1.82, 2.24) is 10.3 Å². The van der Waals surface area contributed by atoms with Gasteiger partial charge in [0.1, 0.15) is 17.2 Å². The van der Waals surface area contributed by atoms with Crippen molar-refractivity contribution in [3.63, 3.8) is 0 Å². The number of aryl methyl sites for hydroxylation is 1. The Bertz CT molecular complexity index is 684. The van der Waals surface area contributed by atoms with Crippen molar-refractivity contribution in [3.05, 3.63) is 40.4 Å². The molecule has 0 radical (unpaired) electrons. The Hall–Kier alpha value is -2.08. The number of thiazole rings is 1. The second-order valence-electron chi connectivity index (χ2n) is 5.26. The largest absolute Gasteiger partial charge is 0.491 e. The maximum atomic E-state index is 12.4. The van der Waals surface area contributed by atoms with Gasteiger partial charge in [0.2, 0.25) is 0 Å². The van der Waals surface area contributed by atoms with E-state index in [1.54, 1.807) is 0 Å². The van der Waals surface area contributed by atoms with Gasteiger partial charge in [-0.05, 0) is 31.9 Å². The van der Waals surface area contributed by atoms with Crippen molar-refractivity contribution < 1.29 is 9.53 Å². The van der Waals surface area contributed by atoms with Gasteiger partial charge >= 0.3 is 0 Å². The molecule has 6 heteroatoms. The van der Waals surface area contributed by atoms with Gasteiger partial charge in [0, 0.05) is 6.54 Å². The molecule has 1 aliphatic heterocycles. The first-order valence-electron chi connectivity index (χ1n) is 7.40. The summed E-state index contributed by atoms with van der Waals surface area (Å²) in [4.78, 5) is 17.5. The van der Waals surface area contributed by atoms with Crippen molar-refractivity contribution in [2.75, 3.05) is 18.5 Å². The van der Waals surface area contributed by atoms with E-state index in [9.17, 15) is 4.79 Å². The molecule has 1 unspecified atom stereocenters. The molecule has 0 saturated heterocycles. The Kier molecular flexibility index (Phi) is 4.29. The monoisotopic (exact) mass is 317 g/mol. The number of rotatable bonds is 4. The van der Waals surface area contributed by atoms with Crippen LogP contribution in [-0.4, -0.2) is 30.1 Å². The molecule has 2 N–H and O–H groups in total. The maximum Gasteiger partial charge on any atom is 0.263 e. The van der Waals surface area contributed by atoms with Crippen LogP contribution in [0.2, 0.25) is 0 Å². The third-order valence-corrected chi connectivity index (χ3v) is 4.66. The number of carbonyl (C=O) groups excluding carboxylic acids is 1. The average Bonchev–Trinajstić information content (AvgIpc) is 2.88. The van der Waals surface area contributed by atoms with Crippen LogP contribution in [0.25, 0.3) is 0 Å². The molecule has 1 atom stereocenters. The highest BCUT2D eigenvalue weighted by atomic mass is 32.1. The molecular weight excluding hydrogens is 298 g/mol. The quantitative estimate of drug-likeness (QED) is 0.910. The highest BCUT2D eigenvalue weighted by molar-refractivity contribution is 7.17. The third-order valence-electron chi connectivity index (χ3n) is 3.54. The van der Waals surface area contributed by atoms with E-state index in [0.29, 0.717) is 11.5 Å². The zero-order chi connectivity index (χ0) is 15.5. The summed E-state index contributed by atoms with van der Waals surface area (Å²) < 4.78 is 5.71. The summed E-state index contributed by atoms with van der Waals surface area (Å²) in [7, 11) is 0. The number of hydrogen-bond acceptors (Lipinski definition) is 5. The van der Waals surface area contributed by atoms with Crippen molar-refractivity contribution in [2.45, 2.75) is 26.3 Å². The number of fused-ring (bicyclic) bond motifs is 1. The van der Waals surface area contributed by atoms with Gasteiger partial charge in [-0.15, -0.1) is 0 Å². The number of aromatic nitrogens is 1. The first-order valence-corrected chi connectivity index (χ1v) is 8.22. The molecule has 5 nitrogen and oxygen atoms in total. The number of hydrogen-bond donors (Lipinski definition) is 2. The van der Waals surface area contributed by atoms with Crippen molar-refractivity contribution >= 4 is 22.4 Å². The lowest BCUT2D eigenvalue weighted by molar-refractivity contribution is 0.0918. The maximum absolute atomic E-state index is 12.4. The standard InChI is InChI=1S/C16H19N3O2S/c1-3-17-16-18-10(2)14(22-16)15(20)19-12-8-11-6-4-5-7-13(11)21-9-12/h4-7,12H,3,8-9H2,1-2H3,(H,17,18)(H,19,20). The predicted molar refractivity (Wildman–Crippen MR) is 87.9 cm³/mol. The van der Waals surface area contributed by atoms with Gasteiger partial charge in [-0.1, -0.05) is 29.5 Å². The number of carbonyl (C=O) groups is 1. The van der Waals surface area contributed by atoms with E-state index >= 15 is 0 Å². The Morgan fingerprint density at radius 1 is 1.45 bits per heavy atom. The van der Waals surface area contributed by atoms with Gasteiger partial charge in [-0.2, -0.15) is 0 Å². The third kappa shape index (κ3) is 3.06. The molecule has 1 aromatic heterocycles. The molecule has 1 amide bonds. The highest BCUT2D eigenvalue weighted by Gasteiger charge is 2.23. The fraction of sp³-hybridized carbons (Fsp3) is 0.375. The lowest BCUT2D eigenvalue weighted by Gasteiger charge is -2.25. The van der Waals surface area contributed by atoms with E-state index < -0.39 is 0 Å². The molecule has 0 saturated carbocycles. The molecule has 1 aliphatic rings. The van der Waals surface area contributed by atoms with Gasteiger partial charge < -0.3 is 15.4 Å². The molecule has 0 bridgehead atoms. The van der Waals surface area contributed by atoms with Crippen LogP contribution in [0, 0.1) is 6.92 Å². The van der Waals surface area contributed by atoms with Gasteiger partial charge in [-0.25, -0.2) is 4.98 Å². The molecule has 1 aromatic carbocycles. The Morgan fingerprint density at radius 2 is 2.27 bits per heavy atom. The molecule has 0 aliphatic carbocycles. The van der Waals surface area contributed by atoms with Crippen LogP contribution >= 0.6 is 11.3 Å². The lowest BCUT2D eigenvalue weighted by Crippen LogP contribution is -2.42. The van der Waals surface area contributed by atoms with Crippen LogP contribution < -0.4 is 15.4 Å². The molecule has 22 heavy (non-hydrogen) atoms. The minimum absolute atomic E-state index is 0.00788. The minimum atomic E-state index is -0.0767. The van der Waals surface area contributed by atoms with Crippen molar-refractivity contribution in [1.29, 1.82) is 0 Å². The highest BCUT2D eigenvalue weighted by Crippen LogP contribution is 2.25. The van der Waals surface area contributed by atoms with Gasteiger partial charge in [-0.3, -0.25) is 4.79 Å². The lowest BCUT2D eigenvalue weighted by atomic mass is 10.0. The predicted octanol–water partition coefficient (Wildman–Crippen LogP) is 2.62. The normalized spacial score (nSPS) is 16.5. The molecular formula is C16H19N3O2S. The zero-order valence-electron chi connectivity index (χ0n) is 12.7. The van der Waals surface area contributed by atoms with Crippen molar-refractivity contribution in [3.8, 4) is 5.75 Å². The van der Waals surface area contributed by atoms with Gasteiger partial charge in [0.25, 0.3) is 5.91 Å². The van der Waals surface area contributed by atoms with Crippen LogP contribution in [0.3, 0.4) is 0 Å². The molecule has 2 heterocycles. The van der Waals surface area contributed by atoms with Gasteiger partial charge in [0.15, 0.2) is 5.13 Å². The van der Waals surface area contributed by atoms with E-state index in [4.69, 9.17) is 4.74 Å². The Balaban J connectivity index is 1.68. The summed E-state index contributed by atoms with van der Waals surface area (Å²) in [6.07, 6.45) is 0.791. The number of nitrogens with one attached hydrogen (secondary N) is 2. The SMILES string of the molecule is CCNc1nc(C)c(C(=O)NC2COc3ccccc3C2)s1. The van der Waals surface area contributed by atoms with Crippen molar-refractivity contribution in [2.24, 2.45) is 0 Å². The summed E-state index contributed by atoms with van der Waals surface area (Å²) in [5, 5.41) is 6.98. The molecule has 116 valence electrons. The fourth-order valence-corrected chi connectivity index (χ4v) is 3.44. The molecule has 3 rings (SSSR count). The van der Waals surface area contributed by atoms with Crippen LogP contribution in [0.1, 0.15) is 27.9 Å². The molecule has 0 spiro atoms. The number of nitrogens with zero attached hydrogens (tertiary/aromatic N) is 1. The number of anilines is 1. The smallest absolute Gasteiger partial charge is 0.263 e. The summed E-state index contributed by atoms with van der Waals surface area (Å²) in [5.41, 5.74) is 1.89. The zero-order valence-corrected chi connectivity index (χ0v) is 13.5. The van der Waals surface area contributed by atoms with Crippen LogP contribution in [0.4, 0.5) is 5.13 Å². The second kappa shape index (κ2) is 6.36. The Morgan fingerprint density at radius 3 is 3.09 bits per heavy atom. The summed E-state index contributed by atoms with van der Waals surface area (Å²) in [5.74, 6) is 0.837. The van der Waals surface area contributed by atoms with E-state index in [-0.39, 0.29) is 11.9 Å². The summed E-state index contributed by atoms with van der Waals surface area (Å²) >= 11 is 1.39. The van der Waals surface area contributed by atoms with Gasteiger partial charge in [0.05, 0.1) is 11.7 Å². The Labute approximate surface area is 133 Å². The van der Waals surface area contributed by atoms with Crippen LogP contribution in [0.15, 0.2) is 24.3 Å². The van der Waals surface area contributed by atoms with E-state index in [0.717, 1.165) is 35.1 Å². The van der Waals surface area contributed by atoms with E-state index in [2.05, 4.69) is 15.6 Å². The first-order chi connectivity index (χ1) is 10.7. The fourth-order valence-electron chi connectivity index (χ4n) is 2.51. The topological polar surface area (TPSA) is 63.2 Å². The van der Waals surface area contributed by atoms with E-state index in [1.807, 2.05) is 38.1 Å². The summed E-state index contributed by atoms with van der Waals surface area (Å²) in [6.45, 7) is 5.16. The molecule has 0 fully saturated rings. The number of amides is 1. The number of benzene rings is 1. The first kappa shape index (κ1) is 14.8. The molecule has 2 aromatic rings. The number of para-hydroxylation sites is 1. The van der Waals surface area contributed by atoms with E-state index in [1.165, 1.54) is 11.3 Å². The van der Waals surface area contributed by atoms with Crippen LogP contribution in [-0.2, 0) is 6.42 Å². The summed E-state index contributed by atoms with van der Waals surface area (Å²) in [6, 6.07) is 7.94. The number of ether oxygens (including phenoxy) is 1. The second-order valence-corrected chi connectivity index (χ2v) is 6.26. The van der Waals surface area contributed by atoms with Crippen LogP contribution in [0.5, 0.6) is 5.75 Å². The minimum Gasteiger partial charge on any atom is -0.491 e. The average molecular weight is 317 g/mol.